The van der Waals surface area contributed by atoms with E-state index in [-0.39, 0.29) is 24.3 Å². The van der Waals surface area contributed by atoms with Crippen molar-refractivity contribution in [2.24, 2.45) is 11.3 Å². The number of likely N-dealkylation sites (tertiary alicyclic amines) is 1. The standard InChI is InChI=1S/C44H50BrN5O9S/c1-9-27-24-44(27,40(53)49-60(55,56)31-18-15-28(45)16-19-31)48-38(51)35-22-30(25-50(35)39(52)37(42(2,3)4)47-41(54)59-43(5,6)7)58-36-23-33(26-13-11-10-12-14-26)46-34-21-29(57-8)17-20-32(34)36/h9-21,23,27,30,35,37H,1,22,24-25H2,2-8H3,(H,47,54)(H,48,51)(H,49,53)/t27?,30-,35+,37-,44?/m1/s1. The second-order valence-corrected chi connectivity index (χ2v) is 19.7. The van der Waals surface area contributed by atoms with Crippen molar-refractivity contribution in [1.29, 1.82) is 0 Å². The van der Waals surface area contributed by atoms with Gasteiger partial charge in [-0.15, -0.1) is 6.58 Å². The van der Waals surface area contributed by atoms with E-state index in [1.807, 2.05) is 36.4 Å². The number of sulfonamides is 1. The molecule has 1 saturated heterocycles. The number of hydrogen-bond donors (Lipinski definition) is 3. The minimum atomic E-state index is -4.33. The van der Waals surface area contributed by atoms with Gasteiger partial charge in [0.2, 0.25) is 11.8 Å². The van der Waals surface area contributed by atoms with Crippen LogP contribution in [0.25, 0.3) is 22.2 Å². The molecule has 1 saturated carbocycles. The zero-order chi connectivity index (χ0) is 43.8. The van der Waals surface area contributed by atoms with Crippen molar-refractivity contribution in [2.75, 3.05) is 13.7 Å². The van der Waals surface area contributed by atoms with E-state index in [9.17, 15) is 27.6 Å². The molecule has 1 aliphatic heterocycles. The van der Waals surface area contributed by atoms with Gasteiger partial charge in [0, 0.05) is 39.9 Å². The minimum Gasteiger partial charge on any atom is -0.497 e. The number of hydrogen-bond acceptors (Lipinski definition) is 10. The maximum Gasteiger partial charge on any atom is 0.408 e. The predicted octanol–water partition coefficient (Wildman–Crippen LogP) is 6.53. The van der Waals surface area contributed by atoms with Crippen molar-refractivity contribution in [2.45, 2.75) is 88.6 Å². The number of ether oxygens (including phenoxy) is 3. The molecule has 318 valence electrons. The Morgan fingerprint density at radius 2 is 1.67 bits per heavy atom. The number of alkyl carbamates (subject to hydrolysis) is 1. The molecule has 14 nitrogen and oxygen atoms in total. The highest BCUT2D eigenvalue weighted by atomic mass is 79.9. The number of carbonyl (C=O) groups is 4. The monoisotopic (exact) mass is 903 g/mol. The van der Waals surface area contributed by atoms with Crippen LogP contribution in [0.3, 0.4) is 0 Å². The highest BCUT2D eigenvalue weighted by Crippen LogP contribution is 2.45. The van der Waals surface area contributed by atoms with Crippen LogP contribution in [0.5, 0.6) is 11.5 Å². The van der Waals surface area contributed by atoms with Gasteiger partial charge in [0.1, 0.15) is 40.8 Å². The number of amides is 4. The summed E-state index contributed by atoms with van der Waals surface area (Å²) in [6.07, 6.45) is -0.0475. The molecule has 0 spiro atoms. The quantitative estimate of drug-likeness (QED) is 0.132. The van der Waals surface area contributed by atoms with E-state index in [0.29, 0.717) is 32.6 Å². The molecule has 0 radical (unpaired) electrons. The fourth-order valence-corrected chi connectivity index (χ4v) is 8.48. The first kappa shape index (κ1) is 44.1. The number of carbonyl (C=O) groups excluding carboxylic acids is 4. The number of methoxy groups -OCH3 is 1. The largest absolute Gasteiger partial charge is 0.497 e. The summed E-state index contributed by atoms with van der Waals surface area (Å²) >= 11 is 3.28. The molecule has 4 aromatic rings. The zero-order valence-corrected chi connectivity index (χ0v) is 37.0. The van der Waals surface area contributed by atoms with Gasteiger partial charge >= 0.3 is 6.09 Å². The molecule has 3 aromatic carbocycles. The Morgan fingerprint density at radius 1 is 0.983 bits per heavy atom. The van der Waals surface area contributed by atoms with Gasteiger partial charge in [0.25, 0.3) is 15.9 Å². The van der Waals surface area contributed by atoms with Gasteiger partial charge in [-0.05, 0) is 69.0 Å². The lowest BCUT2D eigenvalue weighted by atomic mass is 9.85. The summed E-state index contributed by atoms with van der Waals surface area (Å²) in [5.41, 5.74) is -1.33. The van der Waals surface area contributed by atoms with Crippen LogP contribution >= 0.6 is 15.9 Å². The SMILES string of the molecule is C=CC1CC1(NC(=O)[C@@H]1C[C@@H](Oc2cc(-c3ccccc3)nc3cc(OC)ccc23)CN1C(=O)[C@@H](NC(=O)OC(C)(C)C)C(C)(C)C)C(=O)NS(=O)(=O)c1ccc(Br)cc1. The third-order valence-electron chi connectivity index (χ3n) is 10.4. The number of aromatic nitrogens is 1. The van der Waals surface area contributed by atoms with Gasteiger partial charge in [-0.2, -0.15) is 0 Å². The highest BCUT2D eigenvalue weighted by Gasteiger charge is 2.61. The Morgan fingerprint density at radius 3 is 2.27 bits per heavy atom. The number of nitrogens with zero attached hydrogens (tertiary/aromatic N) is 2. The number of rotatable bonds is 12. The number of benzene rings is 3. The fraction of sp³-hybridized carbons (Fsp3) is 0.386. The summed E-state index contributed by atoms with van der Waals surface area (Å²) < 4.78 is 47.1. The van der Waals surface area contributed by atoms with Crippen molar-refractivity contribution in [1.82, 2.24) is 25.2 Å². The summed E-state index contributed by atoms with van der Waals surface area (Å²) in [7, 11) is -2.77. The summed E-state index contributed by atoms with van der Waals surface area (Å²) in [5, 5.41) is 6.19. The first-order valence-electron chi connectivity index (χ1n) is 19.4. The number of pyridine rings is 1. The molecule has 16 heteroatoms. The second kappa shape index (κ2) is 16.9. The molecule has 60 heavy (non-hydrogen) atoms. The lowest BCUT2D eigenvalue weighted by molar-refractivity contribution is -0.143. The van der Waals surface area contributed by atoms with Crippen molar-refractivity contribution in [3.8, 4) is 22.8 Å². The Bertz CT molecular complexity index is 2420. The molecule has 2 heterocycles. The summed E-state index contributed by atoms with van der Waals surface area (Å²) in [4.78, 5) is 62.4. The minimum absolute atomic E-state index is 0.0187. The van der Waals surface area contributed by atoms with Crippen LogP contribution < -0.4 is 24.8 Å². The van der Waals surface area contributed by atoms with Gasteiger partial charge in [0.15, 0.2) is 0 Å². The zero-order valence-electron chi connectivity index (χ0n) is 34.6. The van der Waals surface area contributed by atoms with Gasteiger partial charge in [0.05, 0.1) is 29.8 Å². The molecule has 2 fully saturated rings. The fourth-order valence-electron chi connectivity index (χ4n) is 7.17. The normalized spacial score (nSPS) is 20.7. The summed E-state index contributed by atoms with van der Waals surface area (Å²) in [6.45, 7) is 14.2. The first-order valence-corrected chi connectivity index (χ1v) is 21.7. The third-order valence-corrected chi connectivity index (χ3v) is 12.2. The Labute approximate surface area is 358 Å². The number of halogens is 1. The van der Waals surface area contributed by atoms with Crippen molar-refractivity contribution in [3.05, 3.63) is 96.0 Å². The molecular formula is C44H50BrN5O9S. The molecule has 6 rings (SSSR count). The first-order chi connectivity index (χ1) is 28.1. The van der Waals surface area contributed by atoms with E-state index in [4.69, 9.17) is 19.2 Å². The highest BCUT2D eigenvalue weighted by molar-refractivity contribution is 9.10. The van der Waals surface area contributed by atoms with Crippen LogP contribution in [0.4, 0.5) is 4.79 Å². The average molecular weight is 905 g/mol. The van der Waals surface area contributed by atoms with Crippen LogP contribution in [-0.2, 0) is 29.1 Å². The van der Waals surface area contributed by atoms with E-state index in [1.165, 1.54) is 35.2 Å². The number of fused-ring (bicyclic) bond motifs is 1. The van der Waals surface area contributed by atoms with Gasteiger partial charge in [-0.25, -0.2) is 22.9 Å². The third kappa shape index (κ3) is 9.76. The molecule has 1 aromatic heterocycles. The topological polar surface area (TPSA) is 182 Å². The van der Waals surface area contributed by atoms with Crippen molar-refractivity contribution in [3.63, 3.8) is 0 Å². The molecule has 0 bridgehead atoms. The maximum absolute atomic E-state index is 14.8. The van der Waals surface area contributed by atoms with E-state index < -0.39 is 74.5 Å². The van der Waals surface area contributed by atoms with Crippen LogP contribution in [0.15, 0.2) is 101 Å². The maximum atomic E-state index is 14.8. The molecular weight excluding hydrogens is 854 g/mol. The molecule has 4 amide bonds. The second-order valence-electron chi connectivity index (χ2n) is 17.1. The van der Waals surface area contributed by atoms with Gasteiger partial charge < -0.3 is 29.7 Å². The van der Waals surface area contributed by atoms with E-state index in [1.54, 1.807) is 66.9 Å². The Balaban J connectivity index is 1.35. The van der Waals surface area contributed by atoms with Gasteiger partial charge in [-0.1, -0.05) is 73.1 Å². The number of nitrogens with one attached hydrogen (secondary N) is 3. The van der Waals surface area contributed by atoms with E-state index in [0.717, 1.165) is 5.56 Å². The van der Waals surface area contributed by atoms with E-state index >= 15 is 0 Å². The van der Waals surface area contributed by atoms with Crippen LogP contribution in [-0.4, -0.2) is 85.1 Å². The lowest BCUT2D eigenvalue weighted by Crippen LogP contribution is -2.60. The average Bonchev–Trinajstić information content (AvgIpc) is 3.74. The van der Waals surface area contributed by atoms with Gasteiger partial charge in [-0.3, -0.25) is 14.4 Å². The molecule has 3 N–H and O–H groups in total. The predicted molar refractivity (Wildman–Crippen MR) is 230 cm³/mol. The van der Waals surface area contributed by atoms with Crippen molar-refractivity contribution < 1.29 is 41.8 Å². The summed E-state index contributed by atoms with van der Waals surface area (Å²) in [5.74, 6) is -1.81. The smallest absolute Gasteiger partial charge is 0.408 e. The summed E-state index contributed by atoms with van der Waals surface area (Å²) in [6, 6.07) is 20.1. The molecule has 5 atom stereocenters. The Kier molecular flexibility index (Phi) is 12.4. The molecule has 1 aliphatic carbocycles. The van der Waals surface area contributed by atoms with E-state index in [2.05, 4.69) is 37.9 Å². The molecule has 2 aliphatic rings. The Hall–Kier alpha value is -5.48. The van der Waals surface area contributed by atoms with Crippen LogP contribution in [0.2, 0.25) is 0 Å². The van der Waals surface area contributed by atoms with Crippen LogP contribution in [0, 0.1) is 11.3 Å². The van der Waals surface area contributed by atoms with Crippen LogP contribution in [0.1, 0.15) is 54.4 Å². The molecule has 2 unspecified atom stereocenters. The van der Waals surface area contributed by atoms with Crippen molar-refractivity contribution >= 4 is 60.7 Å². The lowest BCUT2D eigenvalue weighted by Gasteiger charge is -2.36.